The summed E-state index contributed by atoms with van der Waals surface area (Å²) >= 11 is 0. The largest absolute Gasteiger partial charge is 0.343 e. The molecular weight excluding hydrogens is 246 g/mol. The van der Waals surface area contributed by atoms with Crippen molar-refractivity contribution in [3.63, 3.8) is 0 Å². The Hall–Kier alpha value is -0.790. The highest BCUT2D eigenvalue weighted by molar-refractivity contribution is 5.76. The van der Waals surface area contributed by atoms with E-state index in [1.54, 1.807) is 0 Å². The Labute approximate surface area is 125 Å². The molecule has 2 nitrogen and oxygen atoms in total. The lowest BCUT2D eigenvalue weighted by Crippen LogP contribution is -2.35. The van der Waals surface area contributed by atoms with Crippen molar-refractivity contribution in [1.82, 2.24) is 4.90 Å². The topological polar surface area (TPSA) is 20.3 Å². The third kappa shape index (κ3) is 7.72. The highest BCUT2D eigenvalue weighted by atomic mass is 16.2. The maximum Gasteiger partial charge on any atom is 0.222 e. The van der Waals surface area contributed by atoms with Crippen LogP contribution in [0, 0.1) is 5.92 Å². The Bertz CT molecular complexity index is 299. The first kappa shape index (κ1) is 17.3. The van der Waals surface area contributed by atoms with Gasteiger partial charge in [-0.05, 0) is 58.3 Å². The number of carbonyl (C=O) groups excluding carboxylic acids is 1. The average Bonchev–Trinajstić information content (AvgIpc) is 2.44. The predicted octanol–water partition coefficient (Wildman–Crippen LogP) is 4.94. The smallest absolute Gasteiger partial charge is 0.222 e. The molecule has 0 N–H and O–H groups in total. The van der Waals surface area contributed by atoms with Gasteiger partial charge < -0.3 is 4.90 Å². The summed E-state index contributed by atoms with van der Waals surface area (Å²) in [6.07, 6.45) is 12.8. The van der Waals surface area contributed by atoms with E-state index in [2.05, 4.69) is 31.7 Å². The molecule has 1 saturated heterocycles. The van der Waals surface area contributed by atoms with Crippen molar-refractivity contribution in [2.45, 2.75) is 78.6 Å². The molecule has 0 spiro atoms. The minimum absolute atomic E-state index is 0.391. The number of carbonyl (C=O) groups is 1. The molecule has 1 amide bonds. The summed E-state index contributed by atoms with van der Waals surface area (Å²) in [4.78, 5) is 14.1. The maximum atomic E-state index is 12.0. The van der Waals surface area contributed by atoms with Crippen LogP contribution in [0.2, 0.25) is 0 Å². The highest BCUT2D eigenvalue weighted by Crippen LogP contribution is 2.17. The number of amides is 1. The molecule has 116 valence electrons. The maximum absolute atomic E-state index is 12.0. The van der Waals surface area contributed by atoms with Gasteiger partial charge in [0.25, 0.3) is 0 Å². The molecule has 0 aromatic carbocycles. The summed E-state index contributed by atoms with van der Waals surface area (Å²) in [6, 6.07) is 0. The van der Waals surface area contributed by atoms with E-state index in [4.69, 9.17) is 0 Å². The lowest BCUT2D eigenvalue weighted by atomic mass is 9.97. The molecule has 0 saturated carbocycles. The predicted molar refractivity (Wildman–Crippen MR) is 86.7 cm³/mol. The fraction of sp³-hybridized carbons (Fsp3) is 0.833. The second kappa shape index (κ2) is 10.0. The third-order valence-corrected chi connectivity index (χ3v) is 4.26. The second-order valence-electron chi connectivity index (χ2n) is 6.65. The molecule has 1 aliphatic rings. The first-order chi connectivity index (χ1) is 9.59. The van der Waals surface area contributed by atoms with Gasteiger partial charge in [-0.15, -0.1) is 0 Å². The normalized spacial score (nSPS) is 16.9. The first-order valence-corrected chi connectivity index (χ1v) is 8.50. The van der Waals surface area contributed by atoms with Crippen molar-refractivity contribution in [3.8, 4) is 0 Å². The SMILES string of the molecule is CC(C)=CCC[C@H](C)CCCCC(=O)N1CCCCC1. The molecule has 0 bridgehead atoms. The fourth-order valence-corrected chi connectivity index (χ4v) is 2.87. The van der Waals surface area contributed by atoms with E-state index in [-0.39, 0.29) is 0 Å². The Balaban J connectivity index is 2.03. The van der Waals surface area contributed by atoms with Crippen molar-refractivity contribution in [2.75, 3.05) is 13.1 Å². The van der Waals surface area contributed by atoms with E-state index >= 15 is 0 Å². The van der Waals surface area contributed by atoms with Crippen molar-refractivity contribution in [2.24, 2.45) is 5.92 Å². The van der Waals surface area contributed by atoms with E-state index in [1.807, 2.05) is 0 Å². The van der Waals surface area contributed by atoms with Crippen molar-refractivity contribution in [3.05, 3.63) is 11.6 Å². The zero-order chi connectivity index (χ0) is 14.8. The molecule has 0 aliphatic carbocycles. The van der Waals surface area contributed by atoms with Crippen LogP contribution in [0.5, 0.6) is 0 Å². The van der Waals surface area contributed by atoms with Gasteiger partial charge in [-0.2, -0.15) is 0 Å². The standard InChI is InChI=1S/C18H33NO/c1-16(2)10-9-12-17(3)11-5-6-13-18(20)19-14-7-4-8-15-19/h10,17H,4-9,11-15H2,1-3H3/t17-/m1/s1. The molecule has 1 rings (SSSR count). The van der Waals surface area contributed by atoms with E-state index < -0.39 is 0 Å². The number of rotatable bonds is 8. The summed E-state index contributed by atoms with van der Waals surface area (Å²) < 4.78 is 0. The van der Waals surface area contributed by atoms with Gasteiger partial charge >= 0.3 is 0 Å². The zero-order valence-electron chi connectivity index (χ0n) is 13.8. The first-order valence-electron chi connectivity index (χ1n) is 8.50. The quantitative estimate of drug-likeness (QED) is 0.455. The van der Waals surface area contributed by atoms with Gasteiger partial charge in [0.15, 0.2) is 0 Å². The number of nitrogens with zero attached hydrogens (tertiary/aromatic N) is 1. The Kier molecular flexibility index (Phi) is 8.64. The minimum Gasteiger partial charge on any atom is -0.343 e. The number of unbranched alkanes of at least 4 members (excludes halogenated alkanes) is 1. The number of hydrogen-bond donors (Lipinski definition) is 0. The summed E-state index contributed by atoms with van der Waals surface area (Å²) in [7, 11) is 0. The summed E-state index contributed by atoms with van der Waals surface area (Å²) in [5.41, 5.74) is 1.42. The number of piperidine rings is 1. The van der Waals surface area contributed by atoms with Crippen LogP contribution in [0.15, 0.2) is 11.6 Å². The molecule has 0 aromatic heterocycles. The van der Waals surface area contributed by atoms with E-state index in [1.165, 1.54) is 50.5 Å². The van der Waals surface area contributed by atoms with E-state index in [9.17, 15) is 4.79 Å². The highest BCUT2D eigenvalue weighted by Gasteiger charge is 2.15. The van der Waals surface area contributed by atoms with Gasteiger partial charge in [0, 0.05) is 19.5 Å². The number of hydrogen-bond acceptors (Lipinski definition) is 1. The molecule has 0 radical (unpaired) electrons. The van der Waals surface area contributed by atoms with Crippen LogP contribution in [0.1, 0.15) is 78.6 Å². The molecule has 0 unspecified atom stereocenters. The summed E-state index contributed by atoms with van der Waals surface area (Å²) in [6.45, 7) is 8.66. The molecule has 1 fully saturated rings. The summed E-state index contributed by atoms with van der Waals surface area (Å²) in [5, 5.41) is 0. The van der Waals surface area contributed by atoms with Crippen LogP contribution >= 0.6 is 0 Å². The van der Waals surface area contributed by atoms with Crippen LogP contribution in [0.4, 0.5) is 0 Å². The monoisotopic (exact) mass is 279 g/mol. The lowest BCUT2D eigenvalue weighted by molar-refractivity contribution is -0.132. The molecule has 1 aliphatic heterocycles. The van der Waals surface area contributed by atoms with Gasteiger partial charge in [-0.25, -0.2) is 0 Å². The molecule has 1 atom stereocenters. The van der Waals surface area contributed by atoms with Crippen molar-refractivity contribution >= 4 is 5.91 Å². The third-order valence-electron chi connectivity index (χ3n) is 4.26. The molecule has 0 aromatic rings. The van der Waals surface area contributed by atoms with Gasteiger partial charge in [-0.3, -0.25) is 4.79 Å². The number of allylic oxidation sites excluding steroid dienone is 2. The van der Waals surface area contributed by atoms with Gasteiger partial charge in [0.1, 0.15) is 0 Å². The zero-order valence-corrected chi connectivity index (χ0v) is 13.8. The number of likely N-dealkylation sites (tertiary alicyclic amines) is 1. The Morgan fingerprint density at radius 3 is 2.45 bits per heavy atom. The van der Waals surface area contributed by atoms with Crippen molar-refractivity contribution < 1.29 is 4.79 Å². The van der Waals surface area contributed by atoms with Crippen LogP contribution in [-0.4, -0.2) is 23.9 Å². The van der Waals surface area contributed by atoms with Gasteiger partial charge in [-0.1, -0.05) is 31.4 Å². The van der Waals surface area contributed by atoms with E-state index in [0.29, 0.717) is 5.91 Å². The van der Waals surface area contributed by atoms with Crippen molar-refractivity contribution in [1.29, 1.82) is 0 Å². The molecule has 1 heterocycles. The fourth-order valence-electron chi connectivity index (χ4n) is 2.87. The average molecular weight is 279 g/mol. The molecular formula is C18H33NO. The Morgan fingerprint density at radius 2 is 1.80 bits per heavy atom. The van der Waals surface area contributed by atoms with E-state index in [0.717, 1.165) is 31.8 Å². The molecule has 20 heavy (non-hydrogen) atoms. The van der Waals surface area contributed by atoms with Crippen LogP contribution in [0.3, 0.4) is 0 Å². The van der Waals surface area contributed by atoms with Crippen LogP contribution in [0.25, 0.3) is 0 Å². The summed E-state index contributed by atoms with van der Waals surface area (Å²) in [5.74, 6) is 1.18. The molecule has 2 heteroatoms. The van der Waals surface area contributed by atoms with Gasteiger partial charge in [0.05, 0.1) is 0 Å². The van der Waals surface area contributed by atoms with Gasteiger partial charge in [0.2, 0.25) is 5.91 Å². The van der Waals surface area contributed by atoms with Crippen LogP contribution in [-0.2, 0) is 4.79 Å². The van der Waals surface area contributed by atoms with Crippen LogP contribution < -0.4 is 0 Å². The lowest BCUT2D eigenvalue weighted by Gasteiger charge is -2.26. The Morgan fingerprint density at radius 1 is 1.10 bits per heavy atom. The minimum atomic E-state index is 0.391. The second-order valence-corrected chi connectivity index (χ2v) is 6.65.